The summed E-state index contributed by atoms with van der Waals surface area (Å²) in [6, 6.07) is 13.8. The summed E-state index contributed by atoms with van der Waals surface area (Å²) in [4.78, 5) is 16.2. The molecule has 1 heterocycles. The van der Waals surface area contributed by atoms with Gasteiger partial charge >= 0.3 is 0 Å². The Hall–Kier alpha value is -4.52. The molecule has 2 aromatic carbocycles. The molecule has 0 aliphatic heterocycles. The lowest BCUT2D eigenvalue weighted by molar-refractivity contribution is 1.06. The number of aromatic nitrogens is 2. The van der Waals surface area contributed by atoms with Crippen molar-refractivity contribution < 1.29 is 0 Å². The maximum atomic E-state index is 9.29. The fourth-order valence-electron chi connectivity index (χ4n) is 2.76. The van der Waals surface area contributed by atoms with Crippen LogP contribution in [0.25, 0.3) is 32.2 Å². The van der Waals surface area contributed by atoms with Crippen molar-refractivity contribution in [2.24, 2.45) is 0 Å². The first kappa shape index (κ1) is 18.3. The largest absolute Gasteiger partial charge is 0.249 e. The first-order valence-corrected chi connectivity index (χ1v) is 8.20. The molecular formula is C22H12N6. The molecule has 6 heteroatoms. The molecule has 0 bridgehead atoms. The Labute approximate surface area is 162 Å². The van der Waals surface area contributed by atoms with Crippen molar-refractivity contribution in [3.05, 3.63) is 81.7 Å². The molecule has 0 radical (unpaired) electrons. The molecule has 0 atom stereocenters. The van der Waals surface area contributed by atoms with Crippen LogP contribution < -0.4 is 0 Å². The van der Waals surface area contributed by atoms with Crippen LogP contribution in [0.3, 0.4) is 0 Å². The van der Waals surface area contributed by atoms with Crippen LogP contribution in [0.4, 0.5) is 11.4 Å². The summed E-state index contributed by atoms with van der Waals surface area (Å²) in [7, 11) is 0. The van der Waals surface area contributed by atoms with Crippen LogP contribution in [0.1, 0.15) is 22.5 Å². The van der Waals surface area contributed by atoms with E-state index in [9.17, 15) is 10.5 Å². The van der Waals surface area contributed by atoms with E-state index in [0.29, 0.717) is 56.4 Å². The molecule has 6 nitrogen and oxygen atoms in total. The zero-order valence-corrected chi connectivity index (χ0v) is 15.1. The average molecular weight is 360 g/mol. The molecule has 0 saturated carbocycles. The second-order valence-electron chi connectivity index (χ2n) is 6.08. The van der Waals surface area contributed by atoms with E-state index >= 15 is 0 Å². The molecule has 0 aliphatic carbocycles. The zero-order chi connectivity index (χ0) is 20.3. The van der Waals surface area contributed by atoms with Crippen molar-refractivity contribution in [3.8, 4) is 34.7 Å². The summed E-state index contributed by atoms with van der Waals surface area (Å²) >= 11 is 0. The molecule has 3 rings (SSSR count). The maximum Gasteiger partial charge on any atom is 0.189 e. The lowest BCUT2D eigenvalue weighted by Crippen LogP contribution is -2.00. The van der Waals surface area contributed by atoms with Gasteiger partial charge in [-0.2, -0.15) is 10.5 Å². The van der Waals surface area contributed by atoms with Gasteiger partial charge in [0, 0.05) is 11.1 Å². The van der Waals surface area contributed by atoms with Gasteiger partial charge in [-0.05, 0) is 61.4 Å². The molecular weight excluding hydrogens is 348 g/mol. The fourth-order valence-corrected chi connectivity index (χ4v) is 2.76. The second kappa shape index (κ2) is 7.38. The molecule has 0 saturated heterocycles. The third kappa shape index (κ3) is 3.40. The minimum atomic E-state index is 0.327. The van der Waals surface area contributed by atoms with Crippen LogP contribution in [-0.4, -0.2) is 9.97 Å². The lowest BCUT2D eigenvalue weighted by atomic mass is 9.99. The molecule has 0 fully saturated rings. The van der Waals surface area contributed by atoms with Gasteiger partial charge in [-0.1, -0.05) is 0 Å². The van der Waals surface area contributed by atoms with Gasteiger partial charge < -0.3 is 0 Å². The van der Waals surface area contributed by atoms with Crippen molar-refractivity contribution in [3.63, 3.8) is 0 Å². The Bertz CT molecular complexity index is 1110. The predicted molar refractivity (Wildman–Crippen MR) is 104 cm³/mol. The maximum absolute atomic E-state index is 9.29. The Balaban J connectivity index is 2.37. The van der Waals surface area contributed by atoms with E-state index in [1.165, 1.54) is 12.1 Å². The van der Waals surface area contributed by atoms with Gasteiger partial charge in [-0.25, -0.2) is 19.7 Å². The van der Waals surface area contributed by atoms with Crippen LogP contribution in [0.15, 0.2) is 36.4 Å². The summed E-state index contributed by atoms with van der Waals surface area (Å²) in [5, 5.41) is 18.6. The second-order valence-corrected chi connectivity index (χ2v) is 6.08. The molecule has 28 heavy (non-hydrogen) atoms. The van der Waals surface area contributed by atoms with Gasteiger partial charge in [0.2, 0.25) is 0 Å². The summed E-state index contributed by atoms with van der Waals surface area (Å²) in [5.41, 5.74) is 4.95. The number of nitrogens with zero attached hydrogens (tertiary/aromatic N) is 6. The van der Waals surface area contributed by atoms with Gasteiger partial charge in [-0.3, -0.25) is 0 Å². The highest BCUT2D eigenvalue weighted by Crippen LogP contribution is 2.34. The van der Waals surface area contributed by atoms with Crippen molar-refractivity contribution >= 4 is 11.4 Å². The van der Waals surface area contributed by atoms with Gasteiger partial charge in [0.25, 0.3) is 0 Å². The number of hydrogen-bond acceptors (Lipinski definition) is 4. The van der Waals surface area contributed by atoms with Crippen molar-refractivity contribution in [2.45, 2.75) is 13.8 Å². The Morgan fingerprint density at radius 2 is 1.11 bits per heavy atom. The molecule has 1 aromatic heterocycles. The number of benzene rings is 2. The topological polar surface area (TPSA) is 82.1 Å². The molecule has 0 spiro atoms. The summed E-state index contributed by atoms with van der Waals surface area (Å²) in [6.07, 6.45) is 0. The zero-order valence-electron chi connectivity index (χ0n) is 15.1. The molecule has 3 aromatic rings. The molecule has 0 N–H and O–H groups in total. The van der Waals surface area contributed by atoms with Crippen molar-refractivity contribution in [2.75, 3.05) is 0 Å². The standard InChI is InChI=1S/C22H12N6/c1-13-14(2)28-22(18-6-16(12-24)8-20(10-18)26-4)21(27-13)17-5-15(11-23)7-19(9-17)25-3/h5-10H,1-2H3. The van der Waals surface area contributed by atoms with Gasteiger partial charge in [0.05, 0.1) is 48.1 Å². The highest BCUT2D eigenvalue weighted by Gasteiger charge is 2.16. The lowest BCUT2D eigenvalue weighted by Gasteiger charge is -2.13. The Morgan fingerprint density at radius 1 is 0.714 bits per heavy atom. The van der Waals surface area contributed by atoms with Gasteiger partial charge in [0.1, 0.15) is 0 Å². The van der Waals surface area contributed by atoms with E-state index in [2.05, 4.69) is 31.8 Å². The SMILES string of the molecule is [C-]#[N+]c1cc(C#N)cc(-c2nc(C)c(C)nc2-c2cc(C#N)cc([N+]#[C-])c2)c1. The van der Waals surface area contributed by atoms with Crippen LogP contribution in [0.5, 0.6) is 0 Å². The van der Waals surface area contributed by atoms with Crippen LogP contribution >= 0.6 is 0 Å². The smallest absolute Gasteiger partial charge is 0.189 e. The number of nitriles is 2. The number of rotatable bonds is 2. The van der Waals surface area contributed by atoms with E-state index in [1.54, 1.807) is 24.3 Å². The molecule has 130 valence electrons. The van der Waals surface area contributed by atoms with E-state index < -0.39 is 0 Å². The minimum Gasteiger partial charge on any atom is -0.249 e. The quantitative estimate of drug-likeness (QED) is 0.583. The third-order valence-electron chi connectivity index (χ3n) is 4.21. The minimum absolute atomic E-state index is 0.327. The summed E-state index contributed by atoms with van der Waals surface area (Å²) < 4.78 is 0. The molecule has 0 aliphatic rings. The molecule has 0 unspecified atom stereocenters. The first-order valence-electron chi connectivity index (χ1n) is 8.20. The van der Waals surface area contributed by atoms with E-state index in [4.69, 9.17) is 13.1 Å². The molecule has 0 amide bonds. The fraction of sp³-hybridized carbons (Fsp3) is 0.0909. The Morgan fingerprint density at radius 3 is 1.43 bits per heavy atom. The van der Waals surface area contributed by atoms with Crippen molar-refractivity contribution in [1.82, 2.24) is 9.97 Å². The first-order chi connectivity index (χ1) is 13.5. The predicted octanol–water partition coefficient (Wildman–Crippen LogP) is 5.27. The van der Waals surface area contributed by atoms with Crippen LogP contribution in [-0.2, 0) is 0 Å². The highest BCUT2D eigenvalue weighted by atomic mass is 14.8. The third-order valence-corrected chi connectivity index (χ3v) is 4.21. The van der Waals surface area contributed by atoms with E-state index in [1.807, 2.05) is 13.8 Å². The average Bonchev–Trinajstić information content (AvgIpc) is 2.74. The van der Waals surface area contributed by atoms with E-state index in [-0.39, 0.29) is 0 Å². The van der Waals surface area contributed by atoms with Gasteiger partial charge in [0.15, 0.2) is 11.4 Å². The summed E-state index contributed by atoms with van der Waals surface area (Å²) in [5.74, 6) is 0. The number of hydrogen-bond donors (Lipinski definition) is 0. The number of aryl methyl sites for hydroxylation is 2. The Kier molecular flexibility index (Phi) is 4.82. The van der Waals surface area contributed by atoms with Crippen molar-refractivity contribution in [1.29, 1.82) is 10.5 Å². The normalized spacial score (nSPS) is 9.64. The summed E-state index contributed by atoms with van der Waals surface area (Å²) in [6.45, 7) is 18.2. The van der Waals surface area contributed by atoms with E-state index in [0.717, 1.165) is 0 Å². The van der Waals surface area contributed by atoms with Crippen LogP contribution in [0.2, 0.25) is 0 Å². The van der Waals surface area contributed by atoms with Gasteiger partial charge in [-0.15, -0.1) is 0 Å². The van der Waals surface area contributed by atoms with Crippen LogP contribution in [0, 0.1) is 49.7 Å². The highest BCUT2D eigenvalue weighted by molar-refractivity contribution is 5.82. The monoisotopic (exact) mass is 360 g/mol.